The summed E-state index contributed by atoms with van der Waals surface area (Å²) in [6.45, 7) is 1.14. The molecular formula is C11H11ClN2O. The normalized spacial score (nSPS) is 19.3. The quantitative estimate of drug-likeness (QED) is 0.827. The number of β-amino-alcohol motifs (C(OH)–C–C–N with tert-alkyl or cyclic N) is 1. The highest BCUT2D eigenvalue weighted by Gasteiger charge is 2.31. The maximum atomic E-state index is 9.18. The van der Waals surface area contributed by atoms with Crippen molar-refractivity contribution in [1.29, 1.82) is 5.26 Å². The van der Waals surface area contributed by atoms with Crippen LogP contribution in [0.25, 0.3) is 0 Å². The summed E-state index contributed by atoms with van der Waals surface area (Å²) in [4.78, 5) is 1.94. The molecule has 0 bridgehead atoms. The molecule has 1 aromatic rings. The highest BCUT2D eigenvalue weighted by Crippen LogP contribution is 2.26. The van der Waals surface area contributed by atoms with Gasteiger partial charge in [-0.05, 0) is 17.7 Å². The van der Waals surface area contributed by atoms with Gasteiger partial charge in [-0.3, -0.25) is 4.90 Å². The van der Waals surface area contributed by atoms with Crippen LogP contribution >= 0.6 is 11.6 Å². The molecule has 0 amide bonds. The average molecular weight is 223 g/mol. The number of hydrogen-bond donors (Lipinski definition) is 1. The van der Waals surface area contributed by atoms with E-state index >= 15 is 0 Å². The van der Waals surface area contributed by atoms with E-state index in [1.807, 2.05) is 17.0 Å². The molecule has 1 fully saturated rings. The molecule has 78 valence electrons. The molecule has 1 saturated heterocycles. The van der Waals surface area contributed by atoms with Gasteiger partial charge in [0.1, 0.15) is 6.04 Å². The van der Waals surface area contributed by atoms with Crippen molar-refractivity contribution >= 4 is 11.6 Å². The second-order valence-electron chi connectivity index (χ2n) is 3.69. The van der Waals surface area contributed by atoms with Crippen molar-refractivity contribution in [1.82, 2.24) is 4.90 Å². The third-order valence-electron chi connectivity index (χ3n) is 2.56. The summed E-state index contributed by atoms with van der Waals surface area (Å²) < 4.78 is 0. The Kier molecular flexibility index (Phi) is 2.92. The van der Waals surface area contributed by atoms with Gasteiger partial charge in [-0.2, -0.15) is 5.26 Å². The number of halogens is 1. The first kappa shape index (κ1) is 10.4. The predicted octanol–water partition coefficient (Wildman–Crippen LogP) is 1.58. The van der Waals surface area contributed by atoms with E-state index in [0.717, 1.165) is 5.56 Å². The second kappa shape index (κ2) is 4.19. The summed E-state index contributed by atoms with van der Waals surface area (Å²) in [5, 5.41) is 18.9. The van der Waals surface area contributed by atoms with E-state index in [4.69, 9.17) is 16.9 Å². The molecule has 1 aromatic carbocycles. The molecule has 1 N–H and O–H groups in total. The van der Waals surface area contributed by atoms with Gasteiger partial charge in [-0.25, -0.2) is 0 Å². The van der Waals surface area contributed by atoms with Crippen LogP contribution in [0.4, 0.5) is 0 Å². The Morgan fingerprint density at radius 3 is 2.47 bits per heavy atom. The monoisotopic (exact) mass is 222 g/mol. The summed E-state index contributed by atoms with van der Waals surface area (Å²) in [7, 11) is 0. The van der Waals surface area contributed by atoms with Gasteiger partial charge < -0.3 is 5.11 Å². The molecule has 4 heteroatoms. The van der Waals surface area contributed by atoms with E-state index < -0.39 is 0 Å². The number of benzene rings is 1. The molecule has 0 spiro atoms. The standard InChI is InChI=1S/C11H11ClN2O/c12-9-3-1-8(2-4-9)11(5-13)14-6-10(15)7-14/h1-4,10-11,15H,6-7H2. The lowest BCUT2D eigenvalue weighted by Crippen LogP contribution is -2.51. The zero-order valence-corrected chi connectivity index (χ0v) is 8.85. The Balaban J connectivity index is 2.14. The van der Waals surface area contributed by atoms with Gasteiger partial charge in [0.05, 0.1) is 12.2 Å². The molecule has 0 radical (unpaired) electrons. The molecular weight excluding hydrogens is 212 g/mol. The maximum absolute atomic E-state index is 9.18. The van der Waals surface area contributed by atoms with Crippen LogP contribution in [0.2, 0.25) is 5.02 Å². The van der Waals surface area contributed by atoms with E-state index in [2.05, 4.69) is 6.07 Å². The fourth-order valence-corrected chi connectivity index (χ4v) is 1.84. The molecule has 3 nitrogen and oxygen atoms in total. The second-order valence-corrected chi connectivity index (χ2v) is 4.13. The number of nitriles is 1. The van der Waals surface area contributed by atoms with E-state index in [1.165, 1.54) is 0 Å². The summed E-state index contributed by atoms with van der Waals surface area (Å²) in [6, 6.07) is 9.21. The maximum Gasteiger partial charge on any atom is 0.124 e. The van der Waals surface area contributed by atoms with Crippen LogP contribution in [-0.4, -0.2) is 29.2 Å². The SMILES string of the molecule is N#CC(c1ccc(Cl)cc1)N1CC(O)C1. The number of aliphatic hydroxyl groups excluding tert-OH is 1. The van der Waals surface area contributed by atoms with Crippen molar-refractivity contribution in [3.8, 4) is 6.07 Å². The lowest BCUT2D eigenvalue weighted by atomic mass is 10.0. The minimum absolute atomic E-state index is 0.273. The molecule has 0 saturated carbocycles. The van der Waals surface area contributed by atoms with Gasteiger partial charge in [-0.15, -0.1) is 0 Å². The smallest absolute Gasteiger partial charge is 0.124 e. The predicted molar refractivity (Wildman–Crippen MR) is 57.4 cm³/mol. The van der Waals surface area contributed by atoms with Crippen LogP contribution in [-0.2, 0) is 0 Å². The third kappa shape index (κ3) is 2.13. The van der Waals surface area contributed by atoms with Gasteiger partial charge in [0.25, 0.3) is 0 Å². The Bertz CT molecular complexity index is 379. The highest BCUT2D eigenvalue weighted by molar-refractivity contribution is 6.30. The molecule has 1 atom stereocenters. The van der Waals surface area contributed by atoms with Crippen LogP contribution in [0.15, 0.2) is 24.3 Å². The number of hydrogen-bond acceptors (Lipinski definition) is 3. The minimum atomic E-state index is -0.284. The Hall–Kier alpha value is -1.08. The molecule has 1 aliphatic rings. The van der Waals surface area contributed by atoms with Gasteiger partial charge in [0.2, 0.25) is 0 Å². The van der Waals surface area contributed by atoms with Crippen molar-refractivity contribution in [2.45, 2.75) is 12.1 Å². The number of likely N-dealkylation sites (tertiary alicyclic amines) is 1. The van der Waals surface area contributed by atoms with Crippen molar-refractivity contribution in [2.75, 3.05) is 13.1 Å². The number of nitrogens with zero attached hydrogens (tertiary/aromatic N) is 2. The first-order valence-corrected chi connectivity index (χ1v) is 5.15. The van der Waals surface area contributed by atoms with E-state index in [-0.39, 0.29) is 12.1 Å². The molecule has 0 aliphatic carbocycles. The number of aliphatic hydroxyl groups is 1. The average Bonchev–Trinajstić information content (AvgIpc) is 2.19. The van der Waals surface area contributed by atoms with Crippen LogP contribution < -0.4 is 0 Å². The lowest BCUT2D eigenvalue weighted by Gasteiger charge is -2.38. The van der Waals surface area contributed by atoms with Gasteiger partial charge >= 0.3 is 0 Å². The molecule has 1 heterocycles. The Morgan fingerprint density at radius 1 is 1.40 bits per heavy atom. The lowest BCUT2D eigenvalue weighted by molar-refractivity contribution is -0.0127. The third-order valence-corrected chi connectivity index (χ3v) is 2.82. The fourth-order valence-electron chi connectivity index (χ4n) is 1.71. The zero-order valence-electron chi connectivity index (χ0n) is 8.10. The first-order chi connectivity index (χ1) is 7.20. The Labute approximate surface area is 93.5 Å². The van der Waals surface area contributed by atoms with E-state index in [1.54, 1.807) is 12.1 Å². The number of rotatable bonds is 2. The largest absolute Gasteiger partial charge is 0.390 e. The zero-order chi connectivity index (χ0) is 10.8. The summed E-state index contributed by atoms with van der Waals surface area (Å²) in [5.74, 6) is 0. The first-order valence-electron chi connectivity index (χ1n) is 4.78. The molecule has 15 heavy (non-hydrogen) atoms. The molecule has 0 aromatic heterocycles. The van der Waals surface area contributed by atoms with Crippen molar-refractivity contribution in [3.05, 3.63) is 34.9 Å². The van der Waals surface area contributed by atoms with Crippen molar-refractivity contribution in [3.63, 3.8) is 0 Å². The summed E-state index contributed by atoms with van der Waals surface area (Å²) in [5.41, 5.74) is 0.925. The van der Waals surface area contributed by atoms with E-state index in [0.29, 0.717) is 18.1 Å². The molecule has 1 aliphatic heterocycles. The summed E-state index contributed by atoms with van der Waals surface area (Å²) in [6.07, 6.45) is -0.284. The molecule has 1 unspecified atom stereocenters. The topological polar surface area (TPSA) is 47.3 Å². The highest BCUT2D eigenvalue weighted by atomic mass is 35.5. The van der Waals surface area contributed by atoms with Crippen LogP contribution in [0.1, 0.15) is 11.6 Å². The van der Waals surface area contributed by atoms with Crippen LogP contribution in [0.5, 0.6) is 0 Å². The van der Waals surface area contributed by atoms with Crippen molar-refractivity contribution in [2.24, 2.45) is 0 Å². The van der Waals surface area contributed by atoms with Crippen LogP contribution in [0.3, 0.4) is 0 Å². The van der Waals surface area contributed by atoms with Gasteiger partial charge in [0, 0.05) is 18.1 Å². The van der Waals surface area contributed by atoms with Crippen LogP contribution in [0, 0.1) is 11.3 Å². The summed E-state index contributed by atoms with van der Waals surface area (Å²) >= 11 is 5.77. The van der Waals surface area contributed by atoms with Gasteiger partial charge in [-0.1, -0.05) is 23.7 Å². The van der Waals surface area contributed by atoms with E-state index in [9.17, 15) is 5.11 Å². The van der Waals surface area contributed by atoms with Gasteiger partial charge in [0.15, 0.2) is 0 Å². The Morgan fingerprint density at radius 2 is 2.00 bits per heavy atom. The molecule has 2 rings (SSSR count). The minimum Gasteiger partial charge on any atom is -0.390 e. The van der Waals surface area contributed by atoms with Crippen molar-refractivity contribution < 1.29 is 5.11 Å². The fraction of sp³-hybridized carbons (Fsp3) is 0.364.